The van der Waals surface area contributed by atoms with E-state index in [1.165, 1.54) is 225 Å². The Morgan fingerprint density at radius 1 is 0.297 bits per heavy atom. The molecular formula is C58H112O6. The third-order valence-electron chi connectivity index (χ3n) is 13.3. The number of carbonyl (C=O) groups is 3. The molecule has 0 saturated carbocycles. The molecule has 0 bridgehead atoms. The van der Waals surface area contributed by atoms with E-state index in [0.29, 0.717) is 19.3 Å². The van der Waals surface area contributed by atoms with Gasteiger partial charge in [0.15, 0.2) is 6.10 Å². The van der Waals surface area contributed by atoms with Crippen molar-refractivity contribution >= 4 is 17.9 Å². The molecule has 0 spiro atoms. The van der Waals surface area contributed by atoms with Crippen LogP contribution in [-0.4, -0.2) is 37.2 Å². The van der Waals surface area contributed by atoms with E-state index in [2.05, 4.69) is 27.7 Å². The number of ether oxygens (including phenoxy) is 3. The molecule has 0 rings (SSSR count). The Bertz CT molecular complexity index is 964. The van der Waals surface area contributed by atoms with Crippen molar-refractivity contribution in [1.29, 1.82) is 0 Å². The average Bonchev–Trinajstić information content (AvgIpc) is 3.28. The number of carbonyl (C=O) groups excluding carboxylic acids is 3. The quantitative estimate of drug-likeness (QED) is 0.0344. The lowest BCUT2D eigenvalue weighted by atomic mass is 10.0. The fourth-order valence-electron chi connectivity index (χ4n) is 8.92. The molecule has 0 aliphatic carbocycles. The van der Waals surface area contributed by atoms with E-state index in [1.54, 1.807) is 0 Å². The second kappa shape index (κ2) is 52.4. The molecule has 0 unspecified atom stereocenters. The molecule has 0 aromatic rings. The average molecular weight is 906 g/mol. The van der Waals surface area contributed by atoms with Gasteiger partial charge in [0, 0.05) is 19.3 Å². The Morgan fingerprint density at radius 2 is 0.516 bits per heavy atom. The summed E-state index contributed by atoms with van der Waals surface area (Å²) in [4.78, 5) is 38.1. The van der Waals surface area contributed by atoms with Gasteiger partial charge in [-0.1, -0.05) is 291 Å². The first-order valence-electron chi connectivity index (χ1n) is 28.9. The zero-order valence-corrected chi connectivity index (χ0v) is 43.8. The van der Waals surface area contributed by atoms with E-state index in [0.717, 1.165) is 63.7 Å². The van der Waals surface area contributed by atoms with Crippen LogP contribution in [0.15, 0.2) is 0 Å². The maximum Gasteiger partial charge on any atom is 0.306 e. The minimum absolute atomic E-state index is 0.0618. The monoisotopic (exact) mass is 905 g/mol. The zero-order chi connectivity index (χ0) is 46.7. The molecule has 0 aliphatic heterocycles. The highest BCUT2D eigenvalue weighted by molar-refractivity contribution is 5.71. The SMILES string of the molecule is CCCCCCCCCCCCCCCCCCC(=O)OC[C@H](COC(=O)CCCCCCCCCCCCCC)OC(=O)CCCCCCCCCCCCCCCCCC(C)C. The van der Waals surface area contributed by atoms with Gasteiger partial charge in [0.25, 0.3) is 0 Å². The summed E-state index contributed by atoms with van der Waals surface area (Å²) < 4.78 is 16.9. The van der Waals surface area contributed by atoms with Crippen LogP contribution in [0.1, 0.15) is 329 Å². The molecule has 6 nitrogen and oxygen atoms in total. The molecular weight excluding hydrogens is 793 g/mol. The fourth-order valence-corrected chi connectivity index (χ4v) is 8.92. The molecule has 0 aromatic carbocycles. The van der Waals surface area contributed by atoms with Crippen LogP contribution in [0, 0.1) is 5.92 Å². The molecule has 0 radical (unpaired) electrons. The first kappa shape index (κ1) is 62.4. The van der Waals surface area contributed by atoms with E-state index in [4.69, 9.17) is 14.2 Å². The van der Waals surface area contributed by atoms with Crippen molar-refractivity contribution in [1.82, 2.24) is 0 Å². The summed E-state index contributed by atoms with van der Waals surface area (Å²) in [6.45, 7) is 9.07. The van der Waals surface area contributed by atoms with Crippen molar-refractivity contribution < 1.29 is 28.6 Å². The van der Waals surface area contributed by atoms with Gasteiger partial charge < -0.3 is 14.2 Å². The van der Waals surface area contributed by atoms with E-state index in [-0.39, 0.29) is 31.1 Å². The smallest absolute Gasteiger partial charge is 0.306 e. The summed E-state index contributed by atoms with van der Waals surface area (Å²) in [6, 6.07) is 0. The highest BCUT2D eigenvalue weighted by Crippen LogP contribution is 2.18. The Labute approximate surface area is 399 Å². The Hall–Kier alpha value is -1.59. The standard InChI is InChI=1S/C58H112O6/c1-5-7-9-11-13-15-17-19-20-23-26-30-34-38-42-46-50-57(60)63-53-55(52-62-56(59)49-45-41-37-33-29-18-16-14-12-10-8-6-2)64-58(61)51-47-43-39-35-31-27-24-21-22-25-28-32-36-40-44-48-54(3)4/h54-55H,5-53H2,1-4H3/t55-/m0/s1. The molecule has 6 heteroatoms. The summed E-state index contributed by atoms with van der Waals surface area (Å²) in [6.07, 6.45) is 56.6. The largest absolute Gasteiger partial charge is 0.462 e. The fraction of sp³-hybridized carbons (Fsp3) is 0.948. The van der Waals surface area contributed by atoms with Crippen molar-refractivity contribution in [2.24, 2.45) is 5.92 Å². The lowest BCUT2D eigenvalue weighted by molar-refractivity contribution is -0.167. The molecule has 0 fully saturated rings. The Morgan fingerprint density at radius 3 is 0.766 bits per heavy atom. The van der Waals surface area contributed by atoms with Gasteiger partial charge in [0.2, 0.25) is 0 Å². The van der Waals surface area contributed by atoms with E-state index in [1.807, 2.05) is 0 Å². The number of hydrogen-bond donors (Lipinski definition) is 0. The zero-order valence-electron chi connectivity index (χ0n) is 43.8. The van der Waals surface area contributed by atoms with Crippen molar-refractivity contribution in [3.63, 3.8) is 0 Å². The summed E-state index contributed by atoms with van der Waals surface area (Å²) in [5, 5.41) is 0. The highest BCUT2D eigenvalue weighted by atomic mass is 16.6. The van der Waals surface area contributed by atoms with Crippen molar-refractivity contribution in [3.05, 3.63) is 0 Å². The van der Waals surface area contributed by atoms with Gasteiger partial charge in [-0.25, -0.2) is 0 Å². The van der Waals surface area contributed by atoms with Crippen LogP contribution in [-0.2, 0) is 28.6 Å². The maximum absolute atomic E-state index is 12.8. The molecule has 0 aromatic heterocycles. The number of unbranched alkanes of at least 4 members (excludes halogenated alkanes) is 40. The number of esters is 3. The normalized spacial score (nSPS) is 12.0. The van der Waals surface area contributed by atoms with Gasteiger partial charge in [-0.3, -0.25) is 14.4 Å². The molecule has 64 heavy (non-hydrogen) atoms. The minimum Gasteiger partial charge on any atom is -0.462 e. The van der Waals surface area contributed by atoms with Crippen LogP contribution in [0.25, 0.3) is 0 Å². The Balaban J connectivity index is 4.28. The molecule has 380 valence electrons. The lowest BCUT2D eigenvalue weighted by Crippen LogP contribution is -2.30. The molecule has 0 saturated heterocycles. The van der Waals surface area contributed by atoms with Crippen molar-refractivity contribution in [2.75, 3.05) is 13.2 Å². The van der Waals surface area contributed by atoms with E-state index >= 15 is 0 Å². The van der Waals surface area contributed by atoms with Crippen LogP contribution in [0.4, 0.5) is 0 Å². The van der Waals surface area contributed by atoms with Crippen molar-refractivity contribution in [3.8, 4) is 0 Å². The van der Waals surface area contributed by atoms with Gasteiger partial charge in [-0.05, 0) is 25.2 Å². The van der Waals surface area contributed by atoms with Crippen molar-refractivity contribution in [2.45, 2.75) is 336 Å². The highest BCUT2D eigenvalue weighted by Gasteiger charge is 2.19. The summed E-state index contributed by atoms with van der Waals surface area (Å²) in [5.41, 5.74) is 0. The van der Waals surface area contributed by atoms with Crippen LogP contribution in [0.5, 0.6) is 0 Å². The maximum atomic E-state index is 12.8. The third kappa shape index (κ3) is 51.4. The predicted octanol–water partition coefficient (Wildman–Crippen LogP) is 19.0. The molecule has 0 heterocycles. The lowest BCUT2D eigenvalue weighted by Gasteiger charge is -2.18. The topological polar surface area (TPSA) is 78.9 Å². The summed E-state index contributed by atoms with van der Waals surface area (Å²) >= 11 is 0. The molecule has 1 atom stereocenters. The van der Waals surface area contributed by atoms with Gasteiger partial charge in [0.05, 0.1) is 0 Å². The molecule has 0 amide bonds. The molecule has 0 N–H and O–H groups in total. The first-order valence-corrected chi connectivity index (χ1v) is 28.9. The van der Waals surface area contributed by atoms with Gasteiger partial charge in [0.1, 0.15) is 13.2 Å². The predicted molar refractivity (Wildman–Crippen MR) is 275 cm³/mol. The van der Waals surface area contributed by atoms with Gasteiger partial charge in [-0.2, -0.15) is 0 Å². The van der Waals surface area contributed by atoms with Crippen LogP contribution < -0.4 is 0 Å². The van der Waals surface area contributed by atoms with E-state index in [9.17, 15) is 14.4 Å². The van der Waals surface area contributed by atoms with E-state index < -0.39 is 6.10 Å². The second-order valence-corrected chi connectivity index (χ2v) is 20.4. The minimum atomic E-state index is -0.761. The van der Waals surface area contributed by atoms with Crippen LogP contribution in [0.3, 0.4) is 0 Å². The van der Waals surface area contributed by atoms with Crippen LogP contribution in [0.2, 0.25) is 0 Å². The molecule has 0 aliphatic rings. The third-order valence-corrected chi connectivity index (χ3v) is 13.3. The first-order chi connectivity index (χ1) is 31.4. The summed E-state index contributed by atoms with van der Waals surface area (Å²) in [5.74, 6) is 0.0127. The van der Waals surface area contributed by atoms with Crippen LogP contribution >= 0.6 is 0 Å². The number of hydrogen-bond acceptors (Lipinski definition) is 6. The Kier molecular flexibility index (Phi) is 51.1. The second-order valence-electron chi connectivity index (χ2n) is 20.4. The van der Waals surface area contributed by atoms with Gasteiger partial charge in [-0.15, -0.1) is 0 Å². The summed E-state index contributed by atoms with van der Waals surface area (Å²) in [7, 11) is 0. The van der Waals surface area contributed by atoms with Gasteiger partial charge >= 0.3 is 17.9 Å². The number of rotatable bonds is 53.